The first-order valence-electron chi connectivity index (χ1n) is 9.45. The van der Waals surface area contributed by atoms with Crippen LogP contribution in [0.2, 0.25) is 0 Å². The number of hydrogen-bond acceptors (Lipinski definition) is 3. The Hall–Kier alpha value is -3.41. The van der Waals surface area contributed by atoms with E-state index in [-0.39, 0.29) is 11.2 Å². The van der Waals surface area contributed by atoms with E-state index >= 15 is 0 Å². The number of aromatic nitrogens is 4. The molecule has 142 valence electrons. The van der Waals surface area contributed by atoms with Gasteiger partial charge in [-0.25, -0.2) is 9.78 Å². The standard InChI is InChI=1S/C22H22N4O2/c1-2-13-25-21(27)19-20(23-16-24(19)14-17-9-5-3-6-10-17)26(22(25)28)15-18-11-7-4-8-12-18/h3-12,16H,2,13-15H2,1H3. The van der Waals surface area contributed by atoms with Gasteiger partial charge in [-0.1, -0.05) is 67.6 Å². The molecule has 0 amide bonds. The third kappa shape index (κ3) is 3.29. The largest absolute Gasteiger partial charge is 0.333 e. The normalized spacial score (nSPS) is 11.2. The van der Waals surface area contributed by atoms with Crippen molar-refractivity contribution >= 4 is 11.2 Å². The molecule has 0 aliphatic rings. The van der Waals surface area contributed by atoms with Crippen molar-refractivity contribution in [2.45, 2.75) is 33.0 Å². The zero-order valence-electron chi connectivity index (χ0n) is 15.8. The zero-order valence-corrected chi connectivity index (χ0v) is 15.8. The maximum atomic E-state index is 13.1. The van der Waals surface area contributed by atoms with Gasteiger partial charge in [0, 0.05) is 13.1 Å². The molecule has 6 heteroatoms. The van der Waals surface area contributed by atoms with Gasteiger partial charge in [-0.2, -0.15) is 0 Å². The van der Waals surface area contributed by atoms with E-state index in [1.807, 2.05) is 72.2 Å². The highest BCUT2D eigenvalue weighted by Crippen LogP contribution is 2.12. The summed E-state index contributed by atoms with van der Waals surface area (Å²) < 4.78 is 4.76. The van der Waals surface area contributed by atoms with E-state index in [1.54, 1.807) is 10.9 Å². The molecular formula is C22H22N4O2. The van der Waals surface area contributed by atoms with E-state index in [0.29, 0.717) is 37.2 Å². The summed E-state index contributed by atoms with van der Waals surface area (Å²) >= 11 is 0. The highest BCUT2D eigenvalue weighted by Gasteiger charge is 2.18. The molecule has 0 aliphatic heterocycles. The van der Waals surface area contributed by atoms with Crippen LogP contribution in [0.25, 0.3) is 11.2 Å². The van der Waals surface area contributed by atoms with Gasteiger partial charge in [0.1, 0.15) is 0 Å². The molecule has 2 aromatic heterocycles. The fourth-order valence-electron chi connectivity index (χ4n) is 3.47. The third-order valence-electron chi connectivity index (χ3n) is 4.81. The minimum absolute atomic E-state index is 0.278. The van der Waals surface area contributed by atoms with Crippen molar-refractivity contribution in [3.8, 4) is 0 Å². The van der Waals surface area contributed by atoms with Crippen LogP contribution >= 0.6 is 0 Å². The SMILES string of the molecule is CCCn1c(=O)c2c(ncn2Cc2ccccc2)n(Cc2ccccc2)c1=O. The van der Waals surface area contributed by atoms with Crippen LogP contribution in [0.5, 0.6) is 0 Å². The number of nitrogens with zero attached hydrogens (tertiary/aromatic N) is 4. The molecule has 0 radical (unpaired) electrons. The molecule has 4 aromatic rings. The summed E-state index contributed by atoms with van der Waals surface area (Å²) in [6, 6.07) is 19.7. The van der Waals surface area contributed by atoms with Crippen LogP contribution in [-0.4, -0.2) is 18.7 Å². The van der Waals surface area contributed by atoms with Crippen LogP contribution in [0.3, 0.4) is 0 Å². The van der Waals surface area contributed by atoms with Gasteiger partial charge >= 0.3 is 5.69 Å². The Balaban J connectivity index is 1.91. The molecule has 4 rings (SSSR count). The molecule has 0 N–H and O–H groups in total. The van der Waals surface area contributed by atoms with Crippen LogP contribution in [0.15, 0.2) is 76.6 Å². The summed E-state index contributed by atoms with van der Waals surface area (Å²) in [5, 5.41) is 0. The van der Waals surface area contributed by atoms with Crippen molar-refractivity contribution < 1.29 is 0 Å². The van der Waals surface area contributed by atoms with Crippen molar-refractivity contribution in [1.29, 1.82) is 0 Å². The quantitative estimate of drug-likeness (QED) is 0.521. The lowest BCUT2D eigenvalue weighted by Gasteiger charge is -2.12. The summed E-state index contributed by atoms with van der Waals surface area (Å²) in [6.45, 7) is 3.25. The minimum Gasteiger partial charge on any atom is -0.320 e. The first-order valence-corrected chi connectivity index (χ1v) is 9.45. The number of imidazole rings is 1. The summed E-state index contributed by atoms with van der Waals surface area (Å²) in [5.41, 5.74) is 2.37. The zero-order chi connectivity index (χ0) is 19.5. The summed E-state index contributed by atoms with van der Waals surface area (Å²) in [4.78, 5) is 30.6. The second-order valence-corrected chi connectivity index (χ2v) is 6.84. The fraction of sp³-hybridized carbons (Fsp3) is 0.227. The van der Waals surface area contributed by atoms with Gasteiger partial charge in [0.05, 0.1) is 12.9 Å². The molecule has 2 aromatic carbocycles. The van der Waals surface area contributed by atoms with Crippen LogP contribution in [0.1, 0.15) is 24.5 Å². The molecule has 6 nitrogen and oxygen atoms in total. The molecule has 0 saturated carbocycles. The number of hydrogen-bond donors (Lipinski definition) is 0. The predicted octanol–water partition coefficient (Wildman–Crippen LogP) is 2.87. The number of rotatable bonds is 6. The average Bonchev–Trinajstić information content (AvgIpc) is 3.13. The van der Waals surface area contributed by atoms with Crippen molar-refractivity contribution in [2.24, 2.45) is 0 Å². The molecule has 0 spiro atoms. The number of benzene rings is 2. The maximum Gasteiger partial charge on any atom is 0.333 e. The first kappa shape index (κ1) is 18.0. The average molecular weight is 374 g/mol. The Bertz CT molecular complexity index is 1200. The smallest absolute Gasteiger partial charge is 0.320 e. The molecule has 0 aliphatic carbocycles. The van der Waals surface area contributed by atoms with Crippen LogP contribution in [0.4, 0.5) is 0 Å². The lowest BCUT2D eigenvalue weighted by molar-refractivity contribution is 0.577. The van der Waals surface area contributed by atoms with Gasteiger partial charge in [0.2, 0.25) is 0 Å². The van der Waals surface area contributed by atoms with Crippen molar-refractivity contribution in [2.75, 3.05) is 0 Å². The predicted molar refractivity (Wildman–Crippen MR) is 110 cm³/mol. The molecular weight excluding hydrogens is 352 g/mol. The van der Waals surface area contributed by atoms with E-state index in [1.165, 1.54) is 4.57 Å². The van der Waals surface area contributed by atoms with Gasteiger partial charge in [-0.15, -0.1) is 0 Å². The van der Waals surface area contributed by atoms with Gasteiger partial charge in [0.25, 0.3) is 5.56 Å². The molecule has 28 heavy (non-hydrogen) atoms. The molecule has 0 saturated heterocycles. The monoisotopic (exact) mass is 374 g/mol. The number of fused-ring (bicyclic) bond motifs is 1. The Morgan fingerprint density at radius 3 is 2.04 bits per heavy atom. The molecule has 0 fully saturated rings. The Morgan fingerprint density at radius 2 is 1.43 bits per heavy atom. The highest BCUT2D eigenvalue weighted by molar-refractivity contribution is 5.70. The highest BCUT2D eigenvalue weighted by atomic mass is 16.2. The second-order valence-electron chi connectivity index (χ2n) is 6.84. The van der Waals surface area contributed by atoms with E-state index in [0.717, 1.165) is 11.1 Å². The van der Waals surface area contributed by atoms with Gasteiger partial charge in [-0.05, 0) is 17.5 Å². The van der Waals surface area contributed by atoms with E-state index < -0.39 is 0 Å². The van der Waals surface area contributed by atoms with E-state index in [4.69, 9.17) is 0 Å². The van der Waals surface area contributed by atoms with Crippen LogP contribution in [-0.2, 0) is 19.6 Å². The van der Waals surface area contributed by atoms with Crippen LogP contribution < -0.4 is 11.2 Å². The Labute approximate surface area is 162 Å². The second kappa shape index (κ2) is 7.68. The lowest BCUT2D eigenvalue weighted by atomic mass is 10.2. The van der Waals surface area contributed by atoms with Crippen molar-refractivity contribution in [3.05, 3.63) is 99.0 Å². The topological polar surface area (TPSA) is 61.8 Å². The molecule has 0 atom stereocenters. The van der Waals surface area contributed by atoms with Crippen LogP contribution in [0, 0.1) is 0 Å². The summed E-state index contributed by atoms with van der Waals surface area (Å²) in [7, 11) is 0. The fourth-order valence-corrected chi connectivity index (χ4v) is 3.47. The van der Waals surface area contributed by atoms with Crippen molar-refractivity contribution in [3.63, 3.8) is 0 Å². The molecule has 0 unspecified atom stereocenters. The van der Waals surface area contributed by atoms with E-state index in [9.17, 15) is 9.59 Å². The summed E-state index contributed by atoms with van der Waals surface area (Å²) in [6.07, 6.45) is 2.36. The van der Waals surface area contributed by atoms with Crippen molar-refractivity contribution in [1.82, 2.24) is 18.7 Å². The minimum atomic E-state index is -0.312. The van der Waals surface area contributed by atoms with Gasteiger partial charge < -0.3 is 4.57 Å². The van der Waals surface area contributed by atoms with E-state index in [2.05, 4.69) is 4.98 Å². The first-order chi connectivity index (χ1) is 13.7. The third-order valence-corrected chi connectivity index (χ3v) is 4.81. The maximum absolute atomic E-state index is 13.1. The molecule has 2 heterocycles. The Kier molecular flexibility index (Phi) is 4.93. The summed E-state index contributed by atoms with van der Waals surface area (Å²) in [5.74, 6) is 0. The van der Waals surface area contributed by atoms with Gasteiger partial charge in [-0.3, -0.25) is 13.9 Å². The lowest BCUT2D eigenvalue weighted by Crippen LogP contribution is -2.40. The van der Waals surface area contributed by atoms with Gasteiger partial charge in [0.15, 0.2) is 11.2 Å². The Morgan fingerprint density at radius 1 is 0.821 bits per heavy atom. The molecule has 0 bridgehead atoms.